The normalized spacial score (nSPS) is 12.3. The number of H-pyrrole nitrogens is 1. The Labute approximate surface area is 121 Å². The minimum Gasteiger partial charge on any atom is -0.480 e. The van der Waals surface area contributed by atoms with Gasteiger partial charge in [0.1, 0.15) is 11.7 Å². The first-order valence-electron chi connectivity index (χ1n) is 6.60. The number of carbonyl (C=O) groups excluding carboxylic acids is 1. The third-order valence-corrected chi connectivity index (χ3v) is 2.91. The molecule has 3 N–H and O–H groups in total. The van der Waals surface area contributed by atoms with Crippen LogP contribution in [0.5, 0.6) is 0 Å². The predicted octanol–water partition coefficient (Wildman–Crippen LogP) is 1.90. The van der Waals surface area contributed by atoms with Crippen LogP contribution in [0.15, 0.2) is 28.9 Å². The summed E-state index contributed by atoms with van der Waals surface area (Å²) in [6.07, 6.45) is 1.87. The second-order valence-electron chi connectivity index (χ2n) is 5.14. The van der Waals surface area contributed by atoms with Crippen LogP contribution in [0.1, 0.15) is 30.8 Å². The van der Waals surface area contributed by atoms with Crippen LogP contribution in [-0.2, 0) is 4.79 Å². The number of hydrogen-bond acceptors (Lipinski definition) is 4. The Morgan fingerprint density at radius 3 is 2.81 bits per heavy atom. The molecule has 2 aromatic heterocycles. The smallest absolute Gasteiger partial charge is 0.326 e. The highest BCUT2D eigenvalue weighted by atomic mass is 16.4. The Kier molecular flexibility index (Phi) is 4.42. The van der Waals surface area contributed by atoms with E-state index in [1.807, 2.05) is 13.8 Å². The quantitative estimate of drug-likeness (QED) is 0.753. The number of nitrogens with zero attached hydrogens (tertiary/aromatic N) is 1. The van der Waals surface area contributed by atoms with Crippen molar-refractivity contribution in [3.63, 3.8) is 0 Å². The lowest BCUT2D eigenvalue weighted by atomic mass is 10.0. The lowest BCUT2D eigenvalue weighted by Gasteiger charge is -2.15. The number of furan rings is 1. The van der Waals surface area contributed by atoms with Crippen LogP contribution >= 0.6 is 0 Å². The number of carbonyl (C=O) groups is 2. The summed E-state index contributed by atoms with van der Waals surface area (Å²) in [6.45, 7) is 3.79. The van der Waals surface area contributed by atoms with E-state index in [-0.39, 0.29) is 11.6 Å². The summed E-state index contributed by atoms with van der Waals surface area (Å²) < 4.78 is 5.19. The highest BCUT2D eigenvalue weighted by molar-refractivity contribution is 5.95. The molecule has 0 radical (unpaired) electrons. The van der Waals surface area contributed by atoms with Gasteiger partial charge >= 0.3 is 5.97 Å². The number of aromatic amines is 1. The van der Waals surface area contributed by atoms with Crippen LogP contribution in [0.3, 0.4) is 0 Å². The van der Waals surface area contributed by atoms with Crippen molar-refractivity contribution in [2.24, 2.45) is 5.92 Å². The van der Waals surface area contributed by atoms with Crippen molar-refractivity contribution in [3.8, 4) is 11.5 Å². The largest absolute Gasteiger partial charge is 0.480 e. The lowest BCUT2D eigenvalue weighted by Crippen LogP contribution is -2.41. The van der Waals surface area contributed by atoms with Gasteiger partial charge in [0.05, 0.1) is 6.26 Å². The molecule has 1 atom stereocenters. The maximum absolute atomic E-state index is 12.0. The molecule has 1 unspecified atom stereocenters. The molecule has 0 saturated carbocycles. The Hall–Kier alpha value is -2.57. The molecule has 0 fully saturated rings. The minimum atomic E-state index is -1.06. The van der Waals surface area contributed by atoms with Gasteiger partial charge in [0.2, 0.25) is 0 Å². The fraction of sp³-hybridized carbons (Fsp3) is 0.357. The Bertz CT molecular complexity index is 616. The molecule has 112 valence electrons. The van der Waals surface area contributed by atoms with Crippen LogP contribution < -0.4 is 5.32 Å². The van der Waals surface area contributed by atoms with E-state index < -0.39 is 17.9 Å². The molecular weight excluding hydrogens is 274 g/mol. The number of hydrogen-bond donors (Lipinski definition) is 3. The minimum absolute atomic E-state index is 0.122. The van der Waals surface area contributed by atoms with Crippen LogP contribution in [0, 0.1) is 5.92 Å². The lowest BCUT2D eigenvalue weighted by molar-refractivity contribution is -0.139. The van der Waals surface area contributed by atoms with Gasteiger partial charge in [-0.25, -0.2) is 4.79 Å². The molecule has 1 amide bonds. The highest BCUT2D eigenvalue weighted by Gasteiger charge is 2.23. The standard InChI is InChI=1S/C14H17N3O4/c1-8(2)6-11(14(19)20)15-13(18)10-7-9(16-17-10)12-4-3-5-21-12/h3-5,7-8,11H,6H2,1-2H3,(H,15,18)(H,16,17)(H,19,20). The molecule has 0 aliphatic carbocycles. The Morgan fingerprint density at radius 2 is 2.24 bits per heavy atom. The molecule has 0 aliphatic heterocycles. The molecule has 2 aromatic rings. The zero-order valence-electron chi connectivity index (χ0n) is 11.8. The first-order valence-corrected chi connectivity index (χ1v) is 6.60. The average Bonchev–Trinajstić information content (AvgIpc) is 3.08. The Balaban J connectivity index is 2.07. The monoisotopic (exact) mass is 291 g/mol. The van der Waals surface area contributed by atoms with E-state index in [1.54, 1.807) is 12.1 Å². The third-order valence-electron chi connectivity index (χ3n) is 2.91. The summed E-state index contributed by atoms with van der Waals surface area (Å²) in [5, 5.41) is 18.1. The van der Waals surface area contributed by atoms with Gasteiger partial charge in [-0.1, -0.05) is 13.8 Å². The zero-order chi connectivity index (χ0) is 15.4. The van der Waals surface area contributed by atoms with E-state index in [9.17, 15) is 9.59 Å². The fourth-order valence-corrected chi connectivity index (χ4v) is 1.92. The van der Waals surface area contributed by atoms with Gasteiger partial charge in [-0.05, 0) is 24.5 Å². The number of nitrogens with one attached hydrogen (secondary N) is 2. The van der Waals surface area contributed by atoms with E-state index in [0.717, 1.165) is 0 Å². The van der Waals surface area contributed by atoms with Crippen molar-refractivity contribution in [2.45, 2.75) is 26.3 Å². The molecule has 0 bridgehead atoms. The fourth-order valence-electron chi connectivity index (χ4n) is 1.92. The summed E-state index contributed by atoms with van der Waals surface area (Å²) in [5.74, 6) is -0.876. The predicted molar refractivity (Wildman–Crippen MR) is 74.6 cm³/mol. The summed E-state index contributed by atoms with van der Waals surface area (Å²) >= 11 is 0. The molecule has 0 spiro atoms. The number of aliphatic carboxylic acids is 1. The van der Waals surface area contributed by atoms with Gasteiger partial charge in [0.25, 0.3) is 5.91 Å². The molecular formula is C14H17N3O4. The number of aromatic nitrogens is 2. The maximum atomic E-state index is 12.0. The molecule has 2 heterocycles. The van der Waals surface area contributed by atoms with Crippen LogP contribution in [0.25, 0.3) is 11.5 Å². The summed E-state index contributed by atoms with van der Waals surface area (Å²) in [5.41, 5.74) is 0.678. The third kappa shape index (κ3) is 3.71. The van der Waals surface area contributed by atoms with Crippen molar-refractivity contribution in [1.82, 2.24) is 15.5 Å². The van der Waals surface area contributed by atoms with Crippen LogP contribution in [0.2, 0.25) is 0 Å². The molecule has 0 saturated heterocycles. The molecule has 7 heteroatoms. The van der Waals surface area contributed by atoms with Gasteiger partial charge in [0.15, 0.2) is 11.5 Å². The van der Waals surface area contributed by atoms with Crippen molar-refractivity contribution in [1.29, 1.82) is 0 Å². The molecule has 0 aromatic carbocycles. The topological polar surface area (TPSA) is 108 Å². The van der Waals surface area contributed by atoms with Crippen LogP contribution in [-0.4, -0.2) is 33.2 Å². The maximum Gasteiger partial charge on any atom is 0.326 e. The van der Waals surface area contributed by atoms with E-state index >= 15 is 0 Å². The molecule has 21 heavy (non-hydrogen) atoms. The second kappa shape index (κ2) is 6.25. The van der Waals surface area contributed by atoms with Gasteiger partial charge in [-0.15, -0.1) is 0 Å². The first kappa shape index (κ1) is 14.8. The number of carboxylic acid groups (broad SMARTS) is 1. The van der Waals surface area contributed by atoms with Crippen molar-refractivity contribution in [3.05, 3.63) is 30.2 Å². The Morgan fingerprint density at radius 1 is 1.48 bits per heavy atom. The van der Waals surface area contributed by atoms with E-state index in [2.05, 4.69) is 15.5 Å². The van der Waals surface area contributed by atoms with Gasteiger partial charge in [0, 0.05) is 6.07 Å². The van der Waals surface area contributed by atoms with E-state index in [1.165, 1.54) is 12.3 Å². The van der Waals surface area contributed by atoms with Crippen molar-refractivity contribution < 1.29 is 19.1 Å². The SMILES string of the molecule is CC(C)CC(NC(=O)c1cc(-c2ccco2)[nH]n1)C(=O)O. The molecule has 0 aliphatic rings. The number of amides is 1. The van der Waals surface area contributed by atoms with Crippen LogP contribution in [0.4, 0.5) is 0 Å². The van der Waals surface area contributed by atoms with Gasteiger partial charge in [-0.3, -0.25) is 9.89 Å². The second-order valence-corrected chi connectivity index (χ2v) is 5.14. The van der Waals surface area contributed by atoms with Crippen molar-refractivity contribution in [2.75, 3.05) is 0 Å². The molecule has 2 rings (SSSR count). The molecule has 7 nitrogen and oxygen atoms in total. The summed E-state index contributed by atoms with van der Waals surface area (Å²) in [6, 6.07) is 4.04. The zero-order valence-corrected chi connectivity index (χ0v) is 11.8. The number of rotatable bonds is 6. The summed E-state index contributed by atoms with van der Waals surface area (Å²) in [7, 11) is 0. The average molecular weight is 291 g/mol. The number of carboxylic acids is 1. The highest BCUT2D eigenvalue weighted by Crippen LogP contribution is 2.17. The van der Waals surface area contributed by atoms with E-state index in [0.29, 0.717) is 17.9 Å². The van der Waals surface area contributed by atoms with Crippen molar-refractivity contribution >= 4 is 11.9 Å². The summed E-state index contributed by atoms with van der Waals surface area (Å²) in [4.78, 5) is 23.2. The van der Waals surface area contributed by atoms with E-state index in [4.69, 9.17) is 9.52 Å². The first-order chi connectivity index (χ1) is 9.97. The van der Waals surface area contributed by atoms with Gasteiger partial charge < -0.3 is 14.8 Å². The van der Waals surface area contributed by atoms with Gasteiger partial charge in [-0.2, -0.15) is 5.10 Å².